The number of rotatable bonds is 2. The van der Waals surface area contributed by atoms with Gasteiger partial charge in [-0.1, -0.05) is 50.5 Å². The molecule has 1 aliphatic rings. The van der Waals surface area contributed by atoms with Crippen molar-refractivity contribution in [1.82, 2.24) is 0 Å². The second-order valence-corrected chi connectivity index (χ2v) is 3.39. The average molecular weight is 180 g/mol. The van der Waals surface area contributed by atoms with Crippen LogP contribution in [0.5, 0.6) is 0 Å². The molecule has 0 aliphatic heterocycles. The molecule has 0 heteroatoms. The molecular weight excluding hydrogens is 156 g/mol. The van der Waals surface area contributed by atoms with Crippen LogP contribution in [0, 0.1) is 0 Å². The van der Waals surface area contributed by atoms with Gasteiger partial charge in [0, 0.05) is 0 Å². The van der Waals surface area contributed by atoms with Crippen LogP contribution in [0.1, 0.15) is 59.8 Å². The van der Waals surface area contributed by atoms with Crippen molar-refractivity contribution in [1.29, 1.82) is 0 Å². The Morgan fingerprint density at radius 3 is 2.62 bits per heavy atom. The van der Waals surface area contributed by atoms with Gasteiger partial charge in [0.2, 0.25) is 0 Å². The molecule has 0 nitrogen and oxygen atoms in total. The highest BCUT2D eigenvalue weighted by molar-refractivity contribution is 5.23. The average Bonchev–Trinajstić information content (AvgIpc) is 2.34. The fourth-order valence-corrected chi connectivity index (χ4v) is 1.63. The third kappa shape index (κ3) is 5.68. The van der Waals surface area contributed by atoms with E-state index in [2.05, 4.69) is 26.0 Å². The molecule has 0 amide bonds. The smallest absolute Gasteiger partial charge is 0.0314 e. The summed E-state index contributed by atoms with van der Waals surface area (Å²) in [5.74, 6) is 0. The van der Waals surface area contributed by atoms with Gasteiger partial charge in [-0.3, -0.25) is 0 Å². The van der Waals surface area contributed by atoms with E-state index < -0.39 is 0 Å². The first kappa shape index (κ1) is 12.5. The highest BCUT2D eigenvalue weighted by atomic mass is 14.1. The Bertz CT molecular complexity index is 168. The summed E-state index contributed by atoms with van der Waals surface area (Å²) in [7, 11) is 0. The van der Waals surface area contributed by atoms with Gasteiger partial charge in [0.25, 0.3) is 0 Å². The van der Waals surface area contributed by atoms with Crippen LogP contribution in [-0.2, 0) is 0 Å². The summed E-state index contributed by atoms with van der Waals surface area (Å²) in [6.07, 6.45) is 11.3. The van der Waals surface area contributed by atoms with Crippen LogP contribution in [0.15, 0.2) is 23.3 Å². The molecule has 0 bridgehead atoms. The monoisotopic (exact) mass is 180 g/mol. The van der Waals surface area contributed by atoms with Gasteiger partial charge < -0.3 is 0 Å². The first-order chi connectivity index (χ1) is 6.33. The van der Waals surface area contributed by atoms with Crippen molar-refractivity contribution in [3.05, 3.63) is 23.3 Å². The van der Waals surface area contributed by atoms with Crippen molar-refractivity contribution >= 4 is 0 Å². The van der Waals surface area contributed by atoms with E-state index in [0.717, 1.165) is 0 Å². The highest BCUT2D eigenvalue weighted by Crippen LogP contribution is 2.20. The second kappa shape index (κ2) is 8.10. The zero-order chi connectivity index (χ0) is 10.1. The van der Waals surface area contributed by atoms with Crippen molar-refractivity contribution in [3.8, 4) is 0 Å². The Labute approximate surface area is 83.7 Å². The van der Waals surface area contributed by atoms with Gasteiger partial charge in [-0.05, 0) is 32.6 Å². The number of hydrogen-bond acceptors (Lipinski definition) is 0. The van der Waals surface area contributed by atoms with Gasteiger partial charge in [-0.25, -0.2) is 0 Å². The Morgan fingerprint density at radius 1 is 1.31 bits per heavy atom. The summed E-state index contributed by atoms with van der Waals surface area (Å²) in [5.41, 5.74) is 3.12. The number of allylic oxidation sites excluding steroid dienone is 4. The van der Waals surface area contributed by atoms with E-state index >= 15 is 0 Å². The lowest BCUT2D eigenvalue weighted by atomic mass is 10.0. The quantitative estimate of drug-likeness (QED) is 0.568. The minimum atomic E-state index is 1.27. The maximum Gasteiger partial charge on any atom is -0.0314 e. The fraction of sp³-hybridized carbons (Fsp3) is 0.692. The first-order valence-corrected chi connectivity index (χ1v) is 5.69. The summed E-state index contributed by atoms with van der Waals surface area (Å²) < 4.78 is 0. The summed E-state index contributed by atoms with van der Waals surface area (Å²) in [6.45, 7) is 8.46. The topological polar surface area (TPSA) is 0 Å². The zero-order valence-corrected chi connectivity index (χ0v) is 9.69. The van der Waals surface area contributed by atoms with E-state index in [0.29, 0.717) is 0 Å². The summed E-state index contributed by atoms with van der Waals surface area (Å²) in [5, 5.41) is 0. The van der Waals surface area contributed by atoms with Gasteiger partial charge in [0.05, 0.1) is 0 Å². The van der Waals surface area contributed by atoms with Crippen LogP contribution in [-0.4, -0.2) is 0 Å². The van der Waals surface area contributed by atoms with Crippen LogP contribution in [0.4, 0.5) is 0 Å². The molecule has 0 saturated carbocycles. The van der Waals surface area contributed by atoms with E-state index in [1.807, 2.05) is 13.8 Å². The van der Waals surface area contributed by atoms with Crippen LogP contribution >= 0.6 is 0 Å². The van der Waals surface area contributed by atoms with Crippen molar-refractivity contribution in [2.45, 2.75) is 59.8 Å². The van der Waals surface area contributed by atoms with Gasteiger partial charge in [-0.2, -0.15) is 0 Å². The molecule has 13 heavy (non-hydrogen) atoms. The standard InChI is InChI=1S/C11H18.C2H6/c1-3-6-11-8-5-4-7-10(2)9-11;1-2/h7,9H,3-6,8H2,1-2H3;1-2H3. The van der Waals surface area contributed by atoms with Crippen molar-refractivity contribution in [2.24, 2.45) is 0 Å². The molecule has 0 aromatic carbocycles. The van der Waals surface area contributed by atoms with Crippen molar-refractivity contribution in [2.75, 3.05) is 0 Å². The molecule has 0 N–H and O–H groups in total. The Balaban J connectivity index is 0.000000671. The van der Waals surface area contributed by atoms with Gasteiger partial charge >= 0.3 is 0 Å². The van der Waals surface area contributed by atoms with Crippen LogP contribution < -0.4 is 0 Å². The number of hydrogen-bond donors (Lipinski definition) is 0. The molecule has 0 spiro atoms. The van der Waals surface area contributed by atoms with Crippen molar-refractivity contribution < 1.29 is 0 Å². The molecule has 0 fully saturated rings. The van der Waals surface area contributed by atoms with Crippen LogP contribution in [0.25, 0.3) is 0 Å². The largest absolute Gasteiger partial charge is 0.0816 e. The SMILES string of the molecule is CC.CCCC1=CC(C)=CCCC1. The van der Waals surface area contributed by atoms with Crippen LogP contribution in [0.2, 0.25) is 0 Å². The molecule has 0 unspecified atom stereocenters. The predicted molar refractivity (Wildman–Crippen MR) is 61.9 cm³/mol. The Hall–Kier alpha value is -0.520. The Morgan fingerprint density at radius 2 is 2.00 bits per heavy atom. The minimum Gasteiger partial charge on any atom is -0.0816 e. The summed E-state index contributed by atoms with van der Waals surface area (Å²) in [4.78, 5) is 0. The van der Waals surface area contributed by atoms with Gasteiger partial charge in [0.15, 0.2) is 0 Å². The molecule has 0 aromatic rings. The molecular formula is C13H24. The normalized spacial score (nSPS) is 16.3. The fourth-order valence-electron chi connectivity index (χ4n) is 1.63. The van der Waals surface area contributed by atoms with E-state index in [1.54, 1.807) is 5.57 Å². The van der Waals surface area contributed by atoms with Gasteiger partial charge in [0.1, 0.15) is 0 Å². The van der Waals surface area contributed by atoms with E-state index in [9.17, 15) is 0 Å². The lowest BCUT2D eigenvalue weighted by molar-refractivity contribution is 0.776. The second-order valence-electron chi connectivity index (χ2n) is 3.39. The lowest BCUT2D eigenvalue weighted by Gasteiger charge is -2.01. The summed E-state index contributed by atoms with van der Waals surface area (Å²) >= 11 is 0. The minimum absolute atomic E-state index is 1.27. The predicted octanol–water partition coefficient (Wildman–Crippen LogP) is 4.87. The molecule has 0 radical (unpaired) electrons. The van der Waals surface area contributed by atoms with E-state index in [4.69, 9.17) is 0 Å². The van der Waals surface area contributed by atoms with E-state index in [-0.39, 0.29) is 0 Å². The third-order valence-corrected chi connectivity index (χ3v) is 2.17. The lowest BCUT2D eigenvalue weighted by Crippen LogP contribution is -1.81. The molecule has 76 valence electrons. The molecule has 1 rings (SSSR count). The maximum absolute atomic E-state index is 2.37. The molecule has 1 aliphatic carbocycles. The highest BCUT2D eigenvalue weighted by Gasteiger charge is 2.00. The van der Waals surface area contributed by atoms with Crippen LogP contribution in [0.3, 0.4) is 0 Å². The third-order valence-electron chi connectivity index (χ3n) is 2.17. The summed E-state index contributed by atoms with van der Waals surface area (Å²) in [6, 6.07) is 0. The Kier molecular flexibility index (Phi) is 7.77. The molecule has 0 aromatic heterocycles. The zero-order valence-electron chi connectivity index (χ0n) is 9.69. The maximum atomic E-state index is 2.37. The molecule has 0 saturated heterocycles. The molecule has 0 atom stereocenters. The first-order valence-electron chi connectivity index (χ1n) is 5.69. The van der Waals surface area contributed by atoms with E-state index in [1.165, 1.54) is 37.7 Å². The molecule has 0 heterocycles. The van der Waals surface area contributed by atoms with Gasteiger partial charge in [-0.15, -0.1) is 0 Å². The van der Waals surface area contributed by atoms with Crippen molar-refractivity contribution in [3.63, 3.8) is 0 Å².